The summed E-state index contributed by atoms with van der Waals surface area (Å²) in [6, 6.07) is 0. The van der Waals surface area contributed by atoms with Crippen molar-refractivity contribution in [1.82, 2.24) is 29.8 Å². The number of halogens is 2. The molecule has 0 saturated carbocycles. The Bertz CT molecular complexity index is 578. The molecule has 7 nitrogen and oxygen atoms in total. The highest BCUT2D eigenvalue weighted by Gasteiger charge is 2.09. The molecule has 0 saturated heterocycles. The number of rotatable bonds is 2. The van der Waals surface area contributed by atoms with Gasteiger partial charge in [-0.15, -0.1) is 10.2 Å². The minimum absolute atomic E-state index is 0.203. The molecule has 2 heterocycles. The van der Waals surface area contributed by atoms with Gasteiger partial charge in [-0.25, -0.2) is 4.98 Å². The van der Waals surface area contributed by atoms with E-state index in [2.05, 4.69) is 20.4 Å². The van der Waals surface area contributed by atoms with Crippen molar-refractivity contribution in [3.8, 4) is 0 Å². The van der Waals surface area contributed by atoms with E-state index >= 15 is 0 Å². The van der Waals surface area contributed by atoms with E-state index in [1.165, 1.54) is 15.7 Å². The predicted octanol–water partition coefficient (Wildman–Crippen LogP) is 0.0731. The van der Waals surface area contributed by atoms with Gasteiger partial charge in [0.2, 0.25) is 0 Å². The van der Waals surface area contributed by atoms with Crippen LogP contribution in [0.25, 0.3) is 0 Å². The van der Waals surface area contributed by atoms with Gasteiger partial charge in [0.15, 0.2) is 5.82 Å². The number of aryl methyl sites for hydroxylation is 1. The zero-order chi connectivity index (χ0) is 11.7. The molecule has 0 aliphatic carbocycles. The second-order valence-corrected chi connectivity index (χ2v) is 4.41. The van der Waals surface area contributed by atoms with E-state index in [1.54, 1.807) is 7.05 Å². The molecule has 0 bridgehead atoms. The van der Waals surface area contributed by atoms with E-state index in [1.807, 2.05) is 22.6 Å². The Hall–Kier alpha value is -1.03. The normalized spacial score (nSPS) is 10.7. The summed E-state index contributed by atoms with van der Waals surface area (Å²) < 4.78 is 1.76. The van der Waals surface area contributed by atoms with Crippen LogP contribution in [0.2, 0.25) is 5.15 Å². The Balaban J connectivity index is 2.36. The lowest BCUT2D eigenvalue weighted by atomic mass is 10.5. The Morgan fingerprint density at radius 3 is 2.94 bits per heavy atom. The summed E-state index contributed by atoms with van der Waals surface area (Å²) in [6.07, 6.45) is 1.36. The molecule has 0 radical (unpaired) electrons. The lowest BCUT2D eigenvalue weighted by Gasteiger charge is -2.02. The van der Waals surface area contributed by atoms with Gasteiger partial charge in [0.05, 0.1) is 19.9 Å². The first kappa shape index (κ1) is 11.5. The highest BCUT2D eigenvalue weighted by atomic mass is 127. The van der Waals surface area contributed by atoms with Crippen molar-refractivity contribution in [3.63, 3.8) is 0 Å². The van der Waals surface area contributed by atoms with Crippen LogP contribution in [0.4, 0.5) is 0 Å². The monoisotopic (exact) mass is 352 g/mol. The van der Waals surface area contributed by atoms with Crippen LogP contribution in [0, 0.1) is 3.57 Å². The maximum Gasteiger partial charge on any atom is 0.268 e. The summed E-state index contributed by atoms with van der Waals surface area (Å²) in [4.78, 5) is 17.0. The maximum absolute atomic E-state index is 11.7. The van der Waals surface area contributed by atoms with Gasteiger partial charge < -0.3 is 0 Å². The SMILES string of the molecule is Cn1nnc(Cn2cnc(Cl)c(I)c2=O)n1. The van der Waals surface area contributed by atoms with E-state index < -0.39 is 0 Å². The highest BCUT2D eigenvalue weighted by Crippen LogP contribution is 2.09. The zero-order valence-corrected chi connectivity index (χ0v) is 11.0. The van der Waals surface area contributed by atoms with Crippen molar-refractivity contribution in [2.75, 3.05) is 0 Å². The molecule has 0 atom stereocenters. The molecule has 0 amide bonds. The average Bonchev–Trinajstić information content (AvgIpc) is 2.65. The van der Waals surface area contributed by atoms with Crippen molar-refractivity contribution >= 4 is 34.2 Å². The maximum atomic E-state index is 11.7. The molecular weight excluding hydrogens is 346 g/mol. The van der Waals surface area contributed by atoms with Crippen molar-refractivity contribution < 1.29 is 0 Å². The summed E-state index contributed by atoms with van der Waals surface area (Å²) in [7, 11) is 1.66. The Labute approximate surface area is 109 Å². The number of aromatic nitrogens is 6. The van der Waals surface area contributed by atoms with Crippen LogP contribution in [-0.2, 0) is 13.6 Å². The third-order valence-corrected chi connectivity index (χ3v) is 3.38. The van der Waals surface area contributed by atoms with Crippen LogP contribution in [0.15, 0.2) is 11.1 Å². The molecule has 9 heteroatoms. The van der Waals surface area contributed by atoms with E-state index in [4.69, 9.17) is 11.6 Å². The van der Waals surface area contributed by atoms with Crippen LogP contribution in [0.3, 0.4) is 0 Å². The minimum Gasteiger partial charge on any atom is -0.290 e. The van der Waals surface area contributed by atoms with Crippen LogP contribution in [0.5, 0.6) is 0 Å². The summed E-state index contributed by atoms with van der Waals surface area (Å²) in [6.45, 7) is 0.229. The molecule has 0 aliphatic heterocycles. The Morgan fingerprint density at radius 2 is 2.31 bits per heavy atom. The molecule has 2 aromatic rings. The standard InChI is InChI=1S/C7H6ClIN6O/c1-14-12-4(11-13-14)2-15-3-10-6(8)5(9)7(15)16/h3H,2H2,1H3. The van der Waals surface area contributed by atoms with Gasteiger partial charge in [0.25, 0.3) is 5.56 Å². The predicted molar refractivity (Wildman–Crippen MR) is 64.1 cm³/mol. The molecule has 0 aromatic carbocycles. The summed E-state index contributed by atoms with van der Waals surface area (Å²) in [5.41, 5.74) is -0.215. The van der Waals surface area contributed by atoms with Crippen molar-refractivity contribution in [2.24, 2.45) is 7.05 Å². The van der Waals surface area contributed by atoms with Gasteiger partial charge in [-0.1, -0.05) is 11.6 Å². The molecule has 0 fully saturated rings. The van der Waals surface area contributed by atoms with Crippen molar-refractivity contribution in [2.45, 2.75) is 6.54 Å². The summed E-state index contributed by atoms with van der Waals surface area (Å²) in [5, 5.41) is 11.6. The fourth-order valence-corrected chi connectivity index (χ4v) is 1.67. The first-order valence-corrected chi connectivity index (χ1v) is 5.67. The average molecular weight is 353 g/mol. The fourth-order valence-electron chi connectivity index (χ4n) is 1.10. The van der Waals surface area contributed by atoms with E-state index in [0.29, 0.717) is 9.39 Å². The van der Waals surface area contributed by atoms with Crippen LogP contribution >= 0.6 is 34.2 Å². The minimum atomic E-state index is -0.215. The van der Waals surface area contributed by atoms with Gasteiger partial charge in [0.1, 0.15) is 8.72 Å². The molecule has 16 heavy (non-hydrogen) atoms. The number of tetrazole rings is 1. The lowest BCUT2D eigenvalue weighted by Crippen LogP contribution is -2.24. The summed E-state index contributed by atoms with van der Waals surface area (Å²) >= 11 is 7.57. The van der Waals surface area contributed by atoms with Crippen molar-refractivity contribution in [3.05, 3.63) is 31.2 Å². The molecular formula is C7H6ClIN6O. The molecule has 0 unspecified atom stereocenters. The smallest absolute Gasteiger partial charge is 0.268 e. The van der Waals surface area contributed by atoms with Gasteiger partial charge in [0, 0.05) is 0 Å². The number of hydrogen-bond acceptors (Lipinski definition) is 5. The van der Waals surface area contributed by atoms with Crippen LogP contribution in [-0.4, -0.2) is 29.8 Å². The quantitative estimate of drug-likeness (QED) is 0.565. The van der Waals surface area contributed by atoms with Crippen LogP contribution in [0.1, 0.15) is 5.82 Å². The largest absolute Gasteiger partial charge is 0.290 e. The molecule has 2 aromatic heterocycles. The van der Waals surface area contributed by atoms with Gasteiger partial charge in [-0.2, -0.15) is 4.80 Å². The van der Waals surface area contributed by atoms with Crippen molar-refractivity contribution in [1.29, 1.82) is 0 Å². The lowest BCUT2D eigenvalue weighted by molar-refractivity contribution is 0.622. The zero-order valence-electron chi connectivity index (χ0n) is 8.13. The molecule has 0 spiro atoms. The molecule has 84 valence electrons. The fraction of sp³-hybridized carbons (Fsp3) is 0.286. The second-order valence-electron chi connectivity index (χ2n) is 2.98. The van der Waals surface area contributed by atoms with Gasteiger partial charge >= 0.3 is 0 Å². The first-order chi connectivity index (χ1) is 7.58. The summed E-state index contributed by atoms with van der Waals surface area (Å²) in [5.74, 6) is 0.449. The third-order valence-electron chi connectivity index (χ3n) is 1.80. The van der Waals surface area contributed by atoms with E-state index in [0.717, 1.165) is 0 Å². The van der Waals surface area contributed by atoms with E-state index in [-0.39, 0.29) is 17.3 Å². The van der Waals surface area contributed by atoms with E-state index in [9.17, 15) is 4.79 Å². The number of nitrogens with zero attached hydrogens (tertiary/aromatic N) is 6. The molecule has 0 aliphatic rings. The van der Waals surface area contributed by atoms with Crippen LogP contribution < -0.4 is 5.56 Å². The highest BCUT2D eigenvalue weighted by molar-refractivity contribution is 14.1. The Kier molecular flexibility index (Phi) is 3.19. The topological polar surface area (TPSA) is 78.5 Å². The van der Waals surface area contributed by atoms with Gasteiger partial charge in [-0.3, -0.25) is 9.36 Å². The second kappa shape index (κ2) is 4.45. The first-order valence-electron chi connectivity index (χ1n) is 4.21. The third kappa shape index (κ3) is 2.21. The molecule has 2 rings (SSSR count). The number of hydrogen-bond donors (Lipinski definition) is 0. The van der Waals surface area contributed by atoms with Gasteiger partial charge in [-0.05, 0) is 27.8 Å². The molecule has 0 N–H and O–H groups in total. The Morgan fingerprint density at radius 1 is 1.56 bits per heavy atom.